The van der Waals surface area contributed by atoms with Crippen LogP contribution in [0.1, 0.15) is 23.9 Å². The Kier molecular flexibility index (Phi) is 3.52. The van der Waals surface area contributed by atoms with Gasteiger partial charge in [0.1, 0.15) is 5.15 Å². The summed E-state index contributed by atoms with van der Waals surface area (Å²) in [5, 5.41) is 4.77. The Morgan fingerprint density at radius 1 is 1.44 bits per heavy atom. The predicted molar refractivity (Wildman–Crippen MR) is 69.9 cm³/mol. The second kappa shape index (κ2) is 4.94. The molecule has 0 radical (unpaired) electrons. The van der Waals surface area contributed by atoms with Gasteiger partial charge in [-0.25, -0.2) is 4.98 Å². The Hall–Kier alpha value is -1.62. The van der Waals surface area contributed by atoms with E-state index in [0.717, 1.165) is 17.8 Å². The van der Waals surface area contributed by atoms with Crippen LogP contribution >= 0.6 is 11.6 Å². The van der Waals surface area contributed by atoms with Crippen molar-refractivity contribution in [1.82, 2.24) is 19.3 Å². The van der Waals surface area contributed by atoms with Crippen LogP contribution in [-0.4, -0.2) is 19.3 Å². The maximum Gasteiger partial charge on any atom is 0.256 e. The number of hydrogen-bond donors (Lipinski definition) is 0. The Balaban J connectivity index is 2.35. The van der Waals surface area contributed by atoms with Gasteiger partial charge in [0.05, 0.1) is 24.3 Å². The zero-order chi connectivity index (χ0) is 13.3. The van der Waals surface area contributed by atoms with Crippen LogP contribution in [-0.2, 0) is 20.0 Å². The minimum atomic E-state index is -0.0244. The standard InChI is InChI=1S/C12H15ClN4O/c1-4-10-8(2)12(18)17(7-14-10)6-9-5-11(13)16(3)15-9/h5,7H,4,6H2,1-3H3. The van der Waals surface area contributed by atoms with E-state index in [9.17, 15) is 4.79 Å². The number of nitrogens with zero attached hydrogens (tertiary/aromatic N) is 4. The Labute approximate surface area is 110 Å². The molecule has 0 amide bonds. The maximum absolute atomic E-state index is 12.1. The first-order valence-corrected chi connectivity index (χ1v) is 6.14. The number of rotatable bonds is 3. The van der Waals surface area contributed by atoms with E-state index >= 15 is 0 Å². The van der Waals surface area contributed by atoms with Crippen LogP contribution in [0.25, 0.3) is 0 Å². The summed E-state index contributed by atoms with van der Waals surface area (Å²) >= 11 is 5.91. The van der Waals surface area contributed by atoms with E-state index in [2.05, 4.69) is 10.1 Å². The topological polar surface area (TPSA) is 52.7 Å². The van der Waals surface area contributed by atoms with E-state index in [4.69, 9.17) is 11.6 Å². The van der Waals surface area contributed by atoms with E-state index in [1.807, 2.05) is 6.92 Å². The average molecular weight is 267 g/mol. The molecule has 18 heavy (non-hydrogen) atoms. The maximum atomic E-state index is 12.1. The van der Waals surface area contributed by atoms with Crippen molar-refractivity contribution in [3.05, 3.63) is 44.9 Å². The van der Waals surface area contributed by atoms with Crippen molar-refractivity contribution in [3.8, 4) is 0 Å². The van der Waals surface area contributed by atoms with E-state index in [1.54, 1.807) is 35.6 Å². The molecule has 0 bridgehead atoms. The molecule has 6 heteroatoms. The smallest absolute Gasteiger partial charge is 0.256 e. The number of hydrogen-bond acceptors (Lipinski definition) is 3. The molecule has 2 heterocycles. The molecule has 2 aromatic rings. The van der Waals surface area contributed by atoms with E-state index in [1.165, 1.54) is 0 Å². The molecule has 2 rings (SSSR count). The van der Waals surface area contributed by atoms with Gasteiger partial charge in [0, 0.05) is 18.7 Å². The molecule has 5 nitrogen and oxygen atoms in total. The molecule has 0 fully saturated rings. The van der Waals surface area contributed by atoms with Gasteiger partial charge >= 0.3 is 0 Å². The van der Waals surface area contributed by atoms with Crippen LogP contribution in [0.4, 0.5) is 0 Å². The molecule has 0 atom stereocenters. The second-order valence-corrected chi connectivity index (χ2v) is 4.57. The lowest BCUT2D eigenvalue weighted by Crippen LogP contribution is -2.25. The summed E-state index contributed by atoms with van der Waals surface area (Å²) in [5.41, 5.74) is 2.26. The highest BCUT2D eigenvalue weighted by molar-refractivity contribution is 6.29. The van der Waals surface area contributed by atoms with Crippen molar-refractivity contribution < 1.29 is 0 Å². The molecule has 96 valence electrons. The minimum Gasteiger partial charge on any atom is -0.293 e. The Morgan fingerprint density at radius 3 is 2.72 bits per heavy atom. The predicted octanol–water partition coefficient (Wildman–Crippen LogP) is 1.55. The minimum absolute atomic E-state index is 0.0244. The number of aromatic nitrogens is 4. The van der Waals surface area contributed by atoms with Gasteiger partial charge in [-0.3, -0.25) is 14.0 Å². The summed E-state index contributed by atoms with van der Waals surface area (Å²) < 4.78 is 3.12. The fourth-order valence-electron chi connectivity index (χ4n) is 1.85. The van der Waals surface area contributed by atoms with E-state index < -0.39 is 0 Å². The van der Waals surface area contributed by atoms with Gasteiger partial charge in [-0.1, -0.05) is 18.5 Å². The first kappa shape index (κ1) is 12.8. The van der Waals surface area contributed by atoms with Gasteiger partial charge in [0.2, 0.25) is 0 Å². The van der Waals surface area contributed by atoms with Crippen molar-refractivity contribution in [2.75, 3.05) is 0 Å². The summed E-state index contributed by atoms with van der Waals surface area (Å²) in [5.74, 6) is 0. The molecule has 0 unspecified atom stereocenters. The van der Waals surface area contributed by atoms with Crippen molar-refractivity contribution >= 4 is 11.6 Å². The van der Waals surface area contributed by atoms with Gasteiger partial charge in [0.25, 0.3) is 5.56 Å². The fraction of sp³-hybridized carbons (Fsp3) is 0.417. The SMILES string of the molecule is CCc1ncn(Cc2cc(Cl)n(C)n2)c(=O)c1C. The summed E-state index contributed by atoms with van der Waals surface area (Å²) in [6.45, 7) is 4.17. The molecule has 0 saturated heterocycles. The number of aryl methyl sites for hydroxylation is 2. The third-order valence-electron chi connectivity index (χ3n) is 2.91. The van der Waals surface area contributed by atoms with Crippen molar-refractivity contribution in [2.24, 2.45) is 7.05 Å². The molecule has 2 aromatic heterocycles. The zero-order valence-electron chi connectivity index (χ0n) is 10.6. The van der Waals surface area contributed by atoms with Gasteiger partial charge in [0.15, 0.2) is 0 Å². The second-order valence-electron chi connectivity index (χ2n) is 4.18. The largest absolute Gasteiger partial charge is 0.293 e. The average Bonchev–Trinajstić information content (AvgIpc) is 2.65. The quantitative estimate of drug-likeness (QED) is 0.847. The van der Waals surface area contributed by atoms with Gasteiger partial charge < -0.3 is 0 Å². The molecule has 0 aromatic carbocycles. The van der Waals surface area contributed by atoms with Crippen LogP contribution in [0.3, 0.4) is 0 Å². The van der Waals surface area contributed by atoms with Crippen LogP contribution < -0.4 is 5.56 Å². The monoisotopic (exact) mass is 266 g/mol. The van der Waals surface area contributed by atoms with Crippen molar-refractivity contribution in [3.63, 3.8) is 0 Å². The lowest BCUT2D eigenvalue weighted by Gasteiger charge is -2.06. The van der Waals surface area contributed by atoms with Gasteiger partial charge in [-0.15, -0.1) is 0 Å². The van der Waals surface area contributed by atoms with Gasteiger partial charge in [-0.2, -0.15) is 5.10 Å². The summed E-state index contributed by atoms with van der Waals surface area (Å²) in [4.78, 5) is 16.4. The normalized spacial score (nSPS) is 10.9. The molecule has 0 spiro atoms. The molecule has 0 aliphatic rings. The van der Waals surface area contributed by atoms with Crippen molar-refractivity contribution in [1.29, 1.82) is 0 Å². The van der Waals surface area contributed by atoms with Crippen LogP contribution in [0, 0.1) is 6.92 Å². The molecular formula is C12H15ClN4O. The molecular weight excluding hydrogens is 252 g/mol. The molecule has 0 aliphatic heterocycles. The Bertz CT molecular complexity index is 610. The lowest BCUT2D eigenvalue weighted by atomic mass is 10.2. The number of halogens is 1. The summed E-state index contributed by atoms with van der Waals surface area (Å²) in [7, 11) is 1.76. The fourth-order valence-corrected chi connectivity index (χ4v) is 2.01. The highest BCUT2D eigenvalue weighted by Gasteiger charge is 2.08. The van der Waals surface area contributed by atoms with E-state index in [0.29, 0.717) is 17.3 Å². The van der Waals surface area contributed by atoms with E-state index in [-0.39, 0.29) is 5.56 Å². The van der Waals surface area contributed by atoms with Crippen LogP contribution in [0.15, 0.2) is 17.2 Å². The molecule has 0 N–H and O–H groups in total. The summed E-state index contributed by atoms with van der Waals surface area (Å²) in [6.07, 6.45) is 2.33. The summed E-state index contributed by atoms with van der Waals surface area (Å²) in [6, 6.07) is 1.75. The highest BCUT2D eigenvalue weighted by Crippen LogP contribution is 2.10. The first-order chi connectivity index (χ1) is 8.52. The third kappa shape index (κ3) is 2.31. The highest BCUT2D eigenvalue weighted by atomic mass is 35.5. The van der Waals surface area contributed by atoms with Crippen LogP contribution in [0.2, 0.25) is 5.15 Å². The Morgan fingerprint density at radius 2 is 2.17 bits per heavy atom. The van der Waals surface area contributed by atoms with Crippen molar-refractivity contribution in [2.45, 2.75) is 26.8 Å². The zero-order valence-corrected chi connectivity index (χ0v) is 11.4. The molecule has 0 aliphatic carbocycles. The van der Waals surface area contributed by atoms with Crippen LogP contribution in [0.5, 0.6) is 0 Å². The third-order valence-corrected chi connectivity index (χ3v) is 3.26. The first-order valence-electron chi connectivity index (χ1n) is 5.76. The van der Waals surface area contributed by atoms with Gasteiger partial charge in [-0.05, 0) is 13.3 Å². The molecule has 0 saturated carbocycles. The lowest BCUT2D eigenvalue weighted by molar-refractivity contribution is 0.672.